The zero-order valence-corrected chi connectivity index (χ0v) is 10.7. The fourth-order valence-corrected chi connectivity index (χ4v) is 1.63. The molecule has 0 radical (unpaired) electrons. The highest BCUT2D eigenvalue weighted by atomic mass is 16.5. The summed E-state index contributed by atoms with van der Waals surface area (Å²) in [5.41, 5.74) is 7.25. The molecule has 0 aliphatic rings. The van der Waals surface area contributed by atoms with Crippen LogP contribution < -0.4 is 15.6 Å². The maximum atomic E-state index is 11.7. The van der Waals surface area contributed by atoms with Crippen molar-refractivity contribution in [3.63, 3.8) is 0 Å². The molecule has 2 aromatic rings. The standard InChI is InChI=1S/C15H16N2O2/c1-19-14-9-7-12(8-10-14)11-16-17-15(18)13-5-3-2-4-6-13/h2-10,16H,11H2,1H3,(H,17,18). The Morgan fingerprint density at radius 2 is 1.74 bits per heavy atom. The molecule has 4 heteroatoms. The first-order valence-corrected chi connectivity index (χ1v) is 6.01. The second-order valence-corrected chi connectivity index (χ2v) is 4.02. The Kier molecular flexibility index (Phi) is 4.53. The summed E-state index contributed by atoms with van der Waals surface area (Å²) in [6.45, 7) is 0.558. The largest absolute Gasteiger partial charge is 0.497 e. The molecule has 2 rings (SSSR count). The Bertz CT molecular complexity index is 524. The Hall–Kier alpha value is -2.33. The molecular formula is C15H16N2O2. The van der Waals surface area contributed by atoms with Gasteiger partial charge in [-0.15, -0.1) is 0 Å². The Labute approximate surface area is 112 Å². The molecule has 98 valence electrons. The lowest BCUT2D eigenvalue weighted by Crippen LogP contribution is -2.36. The van der Waals surface area contributed by atoms with Gasteiger partial charge in [-0.2, -0.15) is 0 Å². The molecule has 0 unspecified atom stereocenters. The van der Waals surface area contributed by atoms with Gasteiger partial charge in [0.2, 0.25) is 0 Å². The molecule has 0 bridgehead atoms. The number of rotatable bonds is 5. The average Bonchev–Trinajstić information content (AvgIpc) is 2.49. The van der Waals surface area contributed by atoms with E-state index in [2.05, 4.69) is 10.9 Å². The third-order valence-corrected chi connectivity index (χ3v) is 2.69. The molecule has 0 atom stereocenters. The Morgan fingerprint density at radius 3 is 2.37 bits per heavy atom. The molecule has 0 aliphatic carbocycles. The number of methoxy groups -OCH3 is 1. The van der Waals surface area contributed by atoms with Crippen LogP contribution >= 0.6 is 0 Å². The highest BCUT2D eigenvalue weighted by Crippen LogP contribution is 2.10. The van der Waals surface area contributed by atoms with Crippen LogP contribution in [0.4, 0.5) is 0 Å². The third kappa shape index (κ3) is 3.82. The molecule has 0 spiro atoms. The van der Waals surface area contributed by atoms with Crippen LogP contribution in [0.15, 0.2) is 54.6 Å². The molecule has 2 aromatic carbocycles. The van der Waals surface area contributed by atoms with Crippen molar-refractivity contribution in [2.45, 2.75) is 6.54 Å². The van der Waals surface area contributed by atoms with Gasteiger partial charge < -0.3 is 4.74 Å². The number of benzene rings is 2. The molecule has 0 saturated carbocycles. The molecule has 1 amide bonds. The van der Waals surface area contributed by atoms with Gasteiger partial charge in [0.25, 0.3) is 5.91 Å². The predicted molar refractivity (Wildman–Crippen MR) is 73.7 cm³/mol. The summed E-state index contributed by atoms with van der Waals surface area (Å²) in [6, 6.07) is 16.7. The zero-order valence-electron chi connectivity index (χ0n) is 10.7. The van der Waals surface area contributed by atoms with E-state index in [-0.39, 0.29) is 5.91 Å². The number of amides is 1. The fraction of sp³-hybridized carbons (Fsp3) is 0.133. The van der Waals surface area contributed by atoms with E-state index in [1.54, 1.807) is 19.2 Å². The molecular weight excluding hydrogens is 240 g/mol. The van der Waals surface area contributed by atoms with E-state index in [9.17, 15) is 4.79 Å². The second kappa shape index (κ2) is 6.56. The fourth-order valence-electron chi connectivity index (χ4n) is 1.63. The first kappa shape index (κ1) is 13.1. The van der Waals surface area contributed by atoms with E-state index in [0.717, 1.165) is 11.3 Å². The van der Waals surface area contributed by atoms with E-state index in [0.29, 0.717) is 12.1 Å². The summed E-state index contributed by atoms with van der Waals surface area (Å²) in [6.07, 6.45) is 0. The van der Waals surface area contributed by atoms with Crippen LogP contribution in [0.2, 0.25) is 0 Å². The average molecular weight is 256 g/mol. The van der Waals surface area contributed by atoms with Crippen LogP contribution in [0.3, 0.4) is 0 Å². The summed E-state index contributed by atoms with van der Waals surface area (Å²) in [5, 5.41) is 0. The van der Waals surface area contributed by atoms with Crippen molar-refractivity contribution in [2.75, 3.05) is 7.11 Å². The molecule has 0 saturated heterocycles. The van der Waals surface area contributed by atoms with Crippen molar-refractivity contribution in [3.05, 3.63) is 65.7 Å². The smallest absolute Gasteiger partial charge is 0.265 e. The van der Waals surface area contributed by atoms with Crippen molar-refractivity contribution >= 4 is 5.91 Å². The monoisotopic (exact) mass is 256 g/mol. The quantitative estimate of drug-likeness (QED) is 0.806. The van der Waals surface area contributed by atoms with Crippen LogP contribution in [-0.2, 0) is 6.54 Å². The van der Waals surface area contributed by atoms with Crippen LogP contribution in [0.1, 0.15) is 15.9 Å². The van der Waals surface area contributed by atoms with Gasteiger partial charge in [-0.1, -0.05) is 30.3 Å². The topological polar surface area (TPSA) is 50.4 Å². The minimum atomic E-state index is -0.144. The van der Waals surface area contributed by atoms with Gasteiger partial charge in [0.1, 0.15) is 5.75 Å². The van der Waals surface area contributed by atoms with Crippen molar-refractivity contribution in [3.8, 4) is 5.75 Å². The van der Waals surface area contributed by atoms with E-state index in [1.165, 1.54) is 0 Å². The summed E-state index contributed by atoms with van der Waals surface area (Å²) in [4.78, 5) is 11.7. The number of ether oxygens (including phenoxy) is 1. The van der Waals surface area contributed by atoms with Crippen LogP contribution in [-0.4, -0.2) is 13.0 Å². The van der Waals surface area contributed by atoms with Crippen molar-refractivity contribution in [1.82, 2.24) is 10.9 Å². The van der Waals surface area contributed by atoms with Gasteiger partial charge in [0.05, 0.1) is 7.11 Å². The van der Waals surface area contributed by atoms with E-state index < -0.39 is 0 Å². The minimum Gasteiger partial charge on any atom is -0.497 e. The van der Waals surface area contributed by atoms with E-state index >= 15 is 0 Å². The van der Waals surface area contributed by atoms with Crippen LogP contribution in [0.25, 0.3) is 0 Å². The molecule has 0 fully saturated rings. The lowest BCUT2D eigenvalue weighted by molar-refractivity contribution is 0.0932. The zero-order chi connectivity index (χ0) is 13.5. The summed E-state index contributed by atoms with van der Waals surface area (Å²) in [7, 11) is 1.63. The molecule has 19 heavy (non-hydrogen) atoms. The number of hydrazine groups is 1. The molecule has 2 N–H and O–H groups in total. The van der Waals surface area contributed by atoms with Crippen molar-refractivity contribution in [2.24, 2.45) is 0 Å². The lowest BCUT2D eigenvalue weighted by atomic mass is 10.2. The van der Waals surface area contributed by atoms with Gasteiger partial charge >= 0.3 is 0 Å². The molecule has 0 aromatic heterocycles. The van der Waals surface area contributed by atoms with Gasteiger partial charge in [-0.05, 0) is 29.8 Å². The highest BCUT2D eigenvalue weighted by molar-refractivity contribution is 5.93. The predicted octanol–water partition coefficient (Wildman–Crippen LogP) is 2.13. The number of nitrogens with one attached hydrogen (secondary N) is 2. The maximum Gasteiger partial charge on any atom is 0.265 e. The molecule has 0 aliphatic heterocycles. The molecule has 4 nitrogen and oxygen atoms in total. The van der Waals surface area contributed by atoms with Crippen molar-refractivity contribution < 1.29 is 9.53 Å². The number of carbonyl (C=O) groups is 1. The summed E-state index contributed by atoms with van der Waals surface area (Å²) < 4.78 is 5.08. The van der Waals surface area contributed by atoms with Crippen LogP contribution in [0, 0.1) is 0 Å². The van der Waals surface area contributed by atoms with Crippen LogP contribution in [0.5, 0.6) is 5.75 Å². The highest BCUT2D eigenvalue weighted by Gasteiger charge is 2.02. The van der Waals surface area contributed by atoms with Crippen molar-refractivity contribution in [1.29, 1.82) is 0 Å². The van der Waals surface area contributed by atoms with E-state index in [4.69, 9.17) is 4.74 Å². The number of hydrogen-bond acceptors (Lipinski definition) is 3. The van der Waals surface area contributed by atoms with E-state index in [1.807, 2.05) is 42.5 Å². The minimum absolute atomic E-state index is 0.144. The SMILES string of the molecule is COc1ccc(CNNC(=O)c2ccccc2)cc1. The van der Waals surface area contributed by atoms with Gasteiger partial charge in [-0.3, -0.25) is 10.2 Å². The summed E-state index contributed by atoms with van der Waals surface area (Å²) >= 11 is 0. The second-order valence-electron chi connectivity index (χ2n) is 4.02. The van der Waals surface area contributed by atoms with Gasteiger partial charge in [0, 0.05) is 12.1 Å². The first-order valence-electron chi connectivity index (χ1n) is 6.01. The first-order chi connectivity index (χ1) is 9.29. The normalized spacial score (nSPS) is 9.95. The molecule has 0 heterocycles. The Morgan fingerprint density at radius 1 is 1.05 bits per heavy atom. The summed E-state index contributed by atoms with van der Waals surface area (Å²) in [5.74, 6) is 0.672. The van der Waals surface area contributed by atoms with Gasteiger partial charge in [-0.25, -0.2) is 5.43 Å². The van der Waals surface area contributed by atoms with Gasteiger partial charge in [0.15, 0.2) is 0 Å². The number of hydrogen-bond donors (Lipinski definition) is 2. The maximum absolute atomic E-state index is 11.7. The number of carbonyl (C=O) groups excluding carboxylic acids is 1. The lowest BCUT2D eigenvalue weighted by Gasteiger charge is -2.08. The Balaban J connectivity index is 1.81. The third-order valence-electron chi connectivity index (χ3n) is 2.69.